The quantitative estimate of drug-likeness (QED) is 0.282. The summed E-state index contributed by atoms with van der Waals surface area (Å²) >= 11 is 1.63. The molecule has 0 bridgehead atoms. The van der Waals surface area contributed by atoms with Crippen LogP contribution in [-0.4, -0.2) is 66.4 Å². The smallest absolute Gasteiger partial charge is 0.255 e. The Morgan fingerprint density at radius 3 is 2.34 bits per heavy atom. The Morgan fingerprint density at radius 1 is 1.00 bits per heavy atom. The maximum Gasteiger partial charge on any atom is 0.255 e. The van der Waals surface area contributed by atoms with E-state index >= 15 is 0 Å². The Morgan fingerprint density at radius 2 is 1.66 bits per heavy atom. The minimum absolute atomic E-state index is 0.134. The lowest BCUT2D eigenvalue weighted by molar-refractivity contribution is 0.102. The first-order valence-electron chi connectivity index (χ1n) is 13.1. The fraction of sp³-hybridized carbons (Fsp3) is 0.290. The number of hydrogen-bond donors (Lipinski definition) is 2. The minimum atomic E-state index is -0.134. The van der Waals surface area contributed by atoms with Gasteiger partial charge in [-0.2, -0.15) is 0 Å². The molecule has 2 N–H and O–H groups in total. The van der Waals surface area contributed by atoms with Gasteiger partial charge < -0.3 is 15.5 Å². The number of hydrogen-bond acceptors (Lipinski definition) is 5. The molecule has 3 aromatic rings. The van der Waals surface area contributed by atoms with Crippen LogP contribution in [0.4, 0.5) is 5.69 Å². The molecule has 1 amide bonds. The summed E-state index contributed by atoms with van der Waals surface area (Å²) in [6.45, 7) is 12.7. The molecule has 0 atom stereocenters. The number of benzene rings is 3. The van der Waals surface area contributed by atoms with Crippen LogP contribution < -0.4 is 10.6 Å². The van der Waals surface area contributed by atoms with Crippen LogP contribution in [0.1, 0.15) is 22.8 Å². The molecular formula is C31H37N5OS. The molecule has 38 heavy (non-hydrogen) atoms. The van der Waals surface area contributed by atoms with Crippen molar-refractivity contribution in [1.82, 2.24) is 15.1 Å². The average molecular weight is 528 g/mol. The van der Waals surface area contributed by atoms with E-state index < -0.39 is 0 Å². The molecule has 0 aliphatic carbocycles. The second kappa shape index (κ2) is 14.0. The molecule has 0 radical (unpaired) electrons. The van der Waals surface area contributed by atoms with Crippen LogP contribution in [0.2, 0.25) is 0 Å². The van der Waals surface area contributed by atoms with E-state index in [1.165, 1.54) is 0 Å². The first-order valence-corrected chi connectivity index (χ1v) is 14.3. The van der Waals surface area contributed by atoms with Crippen molar-refractivity contribution in [3.05, 3.63) is 102 Å². The van der Waals surface area contributed by atoms with Crippen molar-refractivity contribution in [3.63, 3.8) is 0 Å². The van der Waals surface area contributed by atoms with Crippen molar-refractivity contribution in [2.24, 2.45) is 4.99 Å². The number of nitrogens with zero attached hydrogens (tertiary/aromatic N) is 3. The Balaban J connectivity index is 1.43. The predicted molar refractivity (Wildman–Crippen MR) is 162 cm³/mol. The summed E-state index contributed by atoms with van der Waals surface area (Å²) in [7, 11) is 0. The summed E-state index contributed by atoms with van der Waals surface area (Å²) < 4.78 is 0. The zero-order chi connectivity index (χ0) is 26.7. The van der Waals surface area contributed by atoms with E-state index in [1.807, 2.05) is 73.0 Å². The van der Waals surface area contributed by atoms with Gasteiger partial charge in [0.05, 0.1) is 6.54 Å². The number of likely N-dealkylation sites (N-methyl/N-ethyl adjacent to an activating group) is 1. The molecule has 0 unspecified atom stereocenters. The van der Waals surface area contributed by atoms with Gasteiger partial charge in [0.15, 0.2) is 5.17 Å². The van der Waals surface area contributed by atoms with Gasteiger partial charge in [0.1, 0.15) is 0 Å². The summed E-state index contributed by atoms with van der Waals surface area (Å²) in [5, 5.41) is 7.42. The van der Waals surface area contributed by atoms with E-state index in [1.54, 1.807) is 11.8 Å². The van der Waals surface area contributed by atoms with Gasteiger partial charge in [-0.05, 0) is 48.1 Å². The molecule has 1 saturated heterocycles. The van der Waals surface area contributed by atoms with Crippen molar-refractivity contribution in [3.8, 4) is 11.1 Å². The molecule has 1 heterocycles. The molecule has 0 saturated carbocycles. The third-order valence-corrected chi connectivity index (χ3v) is 7.35. The van der Waals surface area contributed by atoms with Gasteiger partial charge in [-0.3, -0.25) is 14.7 Å². The summed E-state index contributed by atoms with van der Waals surface area (Å²) in [5.41, 5.74) is 5.63. The fourth-order valence-electron chi connectivity index (χ4n) is 4.54. The molecule has 4 rings (SSSR count). The normalized spacial score (nSPS) is 14.2. The number of para-hydroxylation sites is 1. The largest absolute Gasteiger partial charge is 0.325 e. The van der Waals surface area contributed by atoms with Crippen LogP contribution >= 0.6 is 11.8 Å². The number of thioether (sulfide) groups is 1. The second-order valence-electron chi connectivity index (χ2n) is 9.19. The molecule has 0 aromatic heterocycles. The number of anilines is 1. The van der Waals surface area contributed by atoms with Crippen molar-refractivity contribution >= 4 is 28.5 Å². The number of aliphatic imine (C=N–C) groups is 1. The van der Waals surface area contributed by atoms with E-state index in [4.69, 9.17) is 4.99 Å². The highest BCUT2D eigenvalue weighted by Crippen LogP contribution is 2.22. The predicted octanol–water partition coefficient (Wildman–Crippen LogP) is 5.57. The summed E-state index contributed by atoms with van der Waals surface area (Å²) in [5.74, 6) is -0.134. The first-order chi connectivity index (χ1) is 18.6. The zero-order valence-corrected chi connectivity index (χ0v) is 23.1. The number of rotatable bonds is 9. The van der Waals surface area contributed by atoms with Gasteiger partial charge in [-0.25, -0.2) is 0 Å². The third-order valence-electron chi connectivity index (χ3n) is 6.63. The van der Waals surface area contributed by atoms with Crippen molar-refractivity contribution in [1.29, 1.82) is 0 Å². The van der Waals surface area contributed by atoms with Gasteiger partial charge in [0, 0.05) is 56.2 Å². The third kappa shape index (κ3) is 7.34. The average Bonchev–Trinajstić information content (AvgIpc) is 2.97. The molecule has 7 heteroatoms. The van der Waals surface area contributed by atoms with E-state index in [-0.39, 0.29) is 5.91 Å². The van der Waals surface area contributed by atoms with Crippen LogP contribution in [0, 0.1) is 0 Å². The lowest BCUT2D eigenvalue weighted by atomic mass is 10.0. The fourth-order valence-corrected chi connectivity index (χ4v) is 5.21. The highest BCUT2D eigenvalue weighted by Gasteiger charge is 2.17. The number of amidine groups is 1. The van der Waals surface area contributed by atoms with Crippen molar-refractivity contribution < 1.29 is 4.79 Å². The van der Waals surface area contributed by atoms with E-state index in [9.17, 15) is 4.79 Å². The standard InChI is InChI=1S/C31H37N5OS/c1-4-36(24(2)23-35-20-18-32-19-21-35)31(38-3)33-22-28-12-8-9-13-29(28)34-30(37)27-16-14-26(15-17-27)25-10-6-5-7-11-25/h5-17,32H,2,4,18-23H2,1,3H3,(H,34,37). The Labute approximate surface area is 230 Å². The first kappa shape index (κ1) is 27.6. The summed E-state index contributed by atoms with van der Waals surface area (Å²) in [6.07, 6.45) is 2.05. The van der Waals surface area contributed by atoms with E-state index in [0.717, 1.165) is 72.5 Å². The molecule has 6 nitrogen and oxygen atoms in total. The van der Waals surface area contributed by atoms with Crippen LogP contribution in [0.3, 0.4) is 0 Å². The number of amides is 1. The number of carbonyl (C=O) groups is 1. The van der Waals surface area contributed by atoms with Crippen LogP contribution in [-0.2, 0) is 6.54 Å². The lowest BCUT2D eigenvalue weighted by Crippen LogP contribution is -2.45. The van der Waals surface area contributed by atoms with E-state index in [2.05, 4.69) is 46.1 Å². The van der Waals surface area contributed by atoms with Crippen LogP contribution in [0.15, 0.2) is 96.1 Å². The number of carbonyl (C=O) groups excluding carboxylic acids is 1. The molecule has 1 aliphatic heterocycles. The molecular weight excluding hydrogens is 490 g/mol. The Hall–Kier alpha value is -3.39. The van der Waals surface area contributed by atoms with E-state index in [0.29, 0.717) is 12.1 Å². The monoisotopic (exact) mass is 527 g/mol. The zero-order valence-electron chi connectivity index (χ0n) is 22.3. The summed E-state index contributed by atoms with van der Waals surface area (Å²) in [4.78, 5) is 22.6. The van der Waals surface area contributed by atoms with Gasteiger partial charge >= 0.3 is 0 Å². The Bertz CT molecular complexity index is 1240. The molecule has 0 spiro atoms. The van der Waals surface area contributed by atoms with Crippen LogP contribution in [0.5, 0.6) is 0 Å². The van der Waals surface area contributed by atoms with Gasteiger partial charge in [0.2, 0.25) is 0 Å². The highest BCUT2D eigenvalue weighted by molar-refractivity contribution is 8.13. The van der Waals surface area contributed by atoms with Gasteiger partial charge in [0.25, 0.3) is 5.91 Å². The van der Waals surface area contributed by atoms with Gasteiger partial charge in [-0.1, -0.05) is 79.0 Å². The lowest BCUT2D eigenvalue weighted by Gasteiger charge is -2.32. The molecule has 1 fully saturated rings. The molecule has 1 aliphatic rings. The second-order valence-corrected chi connectivity index (χ2v) is 9.97. The Kier molecular flexibility index (Phi) is 10.1. The van der Waals surface area contributed by atoms with Crippen LogP contribution in [0.25, 0.3) is 11.1 Å². The highest BCUT2D eigenvalue weighted by atomic mass is 32.2. The maximum absolute atomic E-state index is 13.1. The minimum Gasteiger partial charge on any atom is -0.325 e. The number of nitrogens with one attached hydrogen (secondary N) is 2. The topological polar surface area (TPSA) is 60.0 Å². The van der Waals surface area contributed by atoms with Crippen molar-refractivity contribution in [2.75, 3.05) is 50.8 Å². The number of piperazine rings is 1. The van der Waals surface area contributed by atoms with Gasteiger partial charge in [-0.15, -0.1) is 0 Å². The molecule has 198 valence electrons. The summed E-state index contributed by atoms with van der Waals surface area (Å²) in [6, 6.07) is 25.7. The van der Waals surface area contributed by atoms with Crippen molar-refractivity contribution in [2.45, 2.75) is 13.5 Å². The molecule has 3 aromatic carbocycles. The maximum atomic E-state index is 13.1. The SMILES string of the molecule is C=C(CN1CCNCC1)N(CC)C(=NCc1ccccc1NC(=O)c1ccc(-c2ccccc2)cc1)SC.